The number of halogens is 3. The highest BCUT2D eigenvalue weighted by Crippen LogP contribution is 2.45. The molecule has 2 fully saturated rings. The predicted molar refractivity (Wildman–Crippen MR) is 160 cm³/mol. The van der Waals surface area contributed by atoms with Gasteiger partial charge in [-0.15, -0.1) is 0 Å². The Balaban J connectivity index is 1.28. The van der Waals surface area contributed by atoms with Crippen molar-refractivity contribution >= 4 is 23.5 Å². The Bertz CT molecular complexity index is 1510. The number of aliphatic carboxylic acids is 1. The maximum atomic E-state index is 13.7. The number of nitrogens with zero attached hydrogens (tertiary/aromatic N) is 5. The van der Waals surface area contributed by atoms with Crippen LogP contribution in [0.25, 0.3) is 0 Å². The Labute approximate surface area is 259 Å². The first-order chi connectivity index (χ1) is 21.5. The molecule has 2 aliphatic rings. The Morgan fingerprint density at radius 1 is 1.07 bits per heavy atom. The fourth-order valence-corrected chi connectivity index (χ4v) is 5.73. The van der Waals surface area contributed by atoms with E-state index in [1.165, 1.54) is 19.4 Å². The van der Waals surface area contributed by atoms with E-state index in [1.54, 1.807) is 31.3 Å². The van der Waals surface area contributed by atoms with Crippen LogP contribution in [0.4, 0.5) is 24.8 Å². The molecular formula is C32H36F3N5O5. The van der Waals surface area contributed by atoms with Crippen LogP contribution in [0.1, 0.15) is 59.6 Å². The van der Waals surface area contributed by atoms with Crippen LogP contribution < -0.4 is 19.3 Å². The molecule has 13 heteroatoms. The van der Waals surface area contributed by atoms with Gasteiger partial charge in [-0.05, 0) is 80.2 Å². The van der Waals surface area contributed by atoms with E-state index in [4.69, 9.17) is 9.47 Å². The summed E-state index contributed by atoms with van der Waals surface area (Å²) < 4.78 is 52.3. The zero-order chi connectivity index (χ0) is 32.1. The van der Waals surface area contributed by atoms with Crippen molar-refractivity contribution in [3.05, 3.63) is 65.6 Å². The summed E-state index contributed by atoms with van der Waals surface area (Å²) >= 11 is 0. The van der Waals surface area contributed by atoms with Gasteiger partial charge in [-0.3, -0.25) is 14.5 Å². The summed E-state index contributed by atoms with van der Waals surface area (Å²) in [7, 11) is 1.48. The van der Waals surface area contributed by atoms with Crippen LogP contribution in [-0.4, -0.2) is 71.5 Å². The number of anilines is 2. The van der Waals surface area contributed by atoms with Gasteiger partial charge in [0, 0.05) is 43.3 Å². The predicted octanol–water partition coefficient (Wildman–Crippen LogP) is 5.66. The molecule has 10 nitrogen and oxygen atoms in total. The molecule has 3 aromatic rings. The van der Waals surface area contributed by atoms with Crippen LogP contribution in [0.2, 0.25) is 0 Å². The molecule has 1 aromatic carbocycles. The average Bonchev–Trinajstić information content (AvgIpc) is 3.86. The second kappa shape index (κ2) is 13.7. The van der Waals surface area contributed by atoms with E-state index < -0.39 is 24.6 Å². The zero-order valence-electron chi connectivity index (χ0n) is 25.2. The Kier molecular flexibility index (Phi) is 9.74. The number of carboxylic acids is 1. The Morgan fingerprint density at radius 2 is 1.80 bits per heavy atom. The van der Waals surface area contributed by atoms with Gasteiger partial charge in [-0.2, -0.15) is 13.2 Å². The minimum atomic E-state index is -4.67. The monoisotopic (exact) mass is 627 g/mol. The molecule has 3 heterocycles. The van der Waals surface area contributed by atoms with Crippen molar-refractivity contribution in [1.29, 1.82) is 0 Å². The van der Waals surface area contributed by atoms with Crippen molar-refractivity contribution in [2.24, 2.45) is 11.8 Å². The number of aryl methyl sites for hydroxylation is 1. The van der Waals surface area contributed by atoms with E-state index in [9.17, 15) is 27.9 Å². The van der Waals surface area contributed by atoms with Gasteiger partial charge in [0.15, 0.2) is 0 Å². The number of benzene rings is 1. The average molecular weight is 628 g/mol. The fourth-order valence-electron chi connectivity index (χ4n) is 5.73. The molecule has 1 aliphatic carbocycles. The lowest BCUT2D eigenvalue weighted by atomic mass is 9.92. The molecule has 0 bridgehead atoms. The molecular weight excluding hydrogens is 591 g/mol. The molecule has 1 atom stereocenters. The lowest BCUT2D eigenvalue weighted by molar-refractivity contribution is -0.137. The minimum absolute atomic E-state index is 0.0552. The molecule has 2 aromatic heterocycles. The SMILES string of the molecule is COc1ccc(C(=O)N(CC(F)(F)F)c2nccc(C)n2)c(N2CCC(COc3cc(C(CC(=O)O)C4CC4)ccn3)CC2)c1. The van der Waals surface area contributed by atoms with Gasteiger partial charge in [0.25, 0.3) is 5.91 Å². The first-order valence-corrected chi connectivity index (χ1v) is 14.9. The molecule has 1 saturated heterocycles. The van der Waals surface area contributed by atoms with Crippen LogP contribution in [0.15, 0.2) is 48.8 Å². The molecule has 1 N–H and O–H groups in total. The highest BCUT2D eigenvalue weighted by molar-refractivity contribution is 6.09. The van der Waals surface area contributed by atoms with Crippen LogP contribution in [0, 0.1) is 18.8 Å². The summed E-state index contributed by atoms with van der Waals surface area (Å²) in [6.45, 7) is 1.57. The summed E-state index contributed by atoms with van der Waals surface area (Å²) in [4.78, 5) is 40.0. The maximum Gasteiger partial charge on any atom is 0.406 e. The topological polar surface area (TPSA) is 118 Å². The fraction of sp³-hybridized carbons (Fsp3) is 0.469. The van der Waals surface area contributed by atoms with Crippen LogP contribution in [0.3, 0.4) is 0 Å². The standard InChI is InChI=1S/C32H36F3N5O5/c1-20-7-11-37-31(38-20)40(19-32(33,34)35)30(43)25-6-5-24(44-2)16-27(25)39-13-9-21(10-14-39)18-45-28-15-23(8-12-36-28)26(17-29(41)42)22-3-4-22/h5-8,11-12,15-16,21-22,26H,3-4,9-10,13-14,17-19H2,1-2H3,(H,41,42). The van der Waals surface area contributed by atoms with E-state index in [-0.39, 0.29) is 29.8 Å². The number of carboxylic acid groups (broad SMARTS) is 1. The molecule has 5 rings (SSSR count). The molecule has 1 unspecified atom stereocenters. The van der Waals surface area contributed by atoms with Gasteiger partial charge >= 0.3 is 12.1 Å². The number of aromatic nitrogens is 3. The number of pyridine rings is 1. The number of alkyl halides is 3. The smallest absolute Gasteiger partial charge is 0.406 e. The zero-order valence-corrected chi connectivity index (χ0v) is 25.2. The summed E-state index contributed by atoms with van der Waals surface area (Å²) in [6, 6.07) is 9.92. The Morgan fingerprint density at radius 3 is 2.44 bits per heavy atom. The number of piperidine rings is 1. The summed E-state index contributed by atoms with van der Waals surface area (Å²) in [5, 5.41) is 9.35. The number of ether oxygens (including phenoxy) is 2. The van der Waals surface area contributed by atoms with E-state index in [0.717, 1.165) is 18.4 Å². The number of carbonyl (C=O) groups is 2. The van der Waals surface area contributed by atoms with Crippen LogP contribution >= 0.6 is 0 Å². The highest BCUT2D eigenvalue weighted by atomic mass is 19.4. The molecule has 0 radical (unpaired) electrons. The van der Waals surface area contributed by atoms with Gasteiger partial charge in [0.05, 0.1) is 31.4 Å². The van der Waals surface area contributed by atoms with Gasteiger partial charge in [-0.1, -0.05) is 0 Å². The molecule has 1 amide bonds. The van der Waals surface area contributed by atoms with E-state index in [2.05, 4.69) is 15.0 Å². The maximum absolute atomic E-state index is 13.7. The quantitative estimate of drug-likeness (QED) is 0.271. The largest absolute Gasteiger partial charge is 0.497 e. The van der Waals surface area contributed by atoms with E-state index in [0.29, 0.717) is 66.4 Å². The number of carbonyl (C=O) groups excluding carboxylic acids is 1. The van der Waals surface area contributed by atoms with Gasteiger partial charge in [0.2, 0.25) is 11.8 Å². The summed E-state index contributed by atoms with van der Waals surface area (Å²) in [5.41, 5.74) is 1.92. The first-order valence-electron chi connectivity index (χ1n) is 14.9. The third-order valence-corrected chi connectivity index (χ3v) is 8.24. The van der Waals surface area contributed by atoms with Crippen molar-refractivity contribution in [3.63, 3.8) is 0 Å². The normalized spacial score (nSPS) is 16.2. The lowest BCUT2D eigenvalue weighted by Crippen LogP contribution is -2.42. The third-order valence-electron chi connectivity index (χ3n) is 8.24. The van der Waals surface area contributed by atoms with Crippen molar-refractivity contribution in [2.45, 2.75) is 51.1 Å². The Hall–Kier alpha value is -4.42. The second-order valence-corrected chi connectivity index (χ2v) is 11.6. The number of hydrogen-bond donors (Lipinski definition) is 1. The molecule has 0 spiro atoms. The van der Waals surface area contributed by atoms with Gasteiger partial charge < -0.3 is 19.5 Å². The number of hydrogen-bond acceptors (Lipinski definition) is 8. The summed E-state index contributed by atoms with van der Waals surface area (Å²) in [6.07, 6.45) is 1.85. The second-order valence-electron chi connectivity index (χ2n) is 11.6. The van der Waals surface area contributed by atoms with Crippen LogP contribution in [0.5, 0.6) is 11.6 Å². The molecule has 1 saturated carbocycles. The lowest BCUT2D eigenvalue weighted by Gasteiger charge is -2.35. The minimum Gasteiger partial charge on any atom is -0.497 e. The highest BCUT2D eigenvalue weighted by Gasteiger charge is 2.37. The van der Waals surface area contributed by atoms with Gasteiger partial charge in [0.1, 0.15) is 12.3 Å². The van der Waals surface area contributed by atoms with Gasteiger partial charge in [-0.25, -0.2) is 15.0 Å². The number of amides is 1. The molecule has 45 heavy (non-hydrogen) atoms. The van der Waals surface area contributed by atoms with E-state index >= 15 is 0 Å². The summed E-state index contributed by atoms with van der Waals surface area (Å²) in [5.74, 6) is -0.584. The molecule has 240 valence electrons. The van der Waals surface area contributed by atoms with Crippen molar-refractivity contribution < 1.29 is 37.3 Å². The number of methoxy groups -OCH3 is 1. The van der Waals surface area contributed by atoms with E-state index in [1.807, 2.05) is 17.0 Å². The molecule has 1 aliphatic heterocycles. The van der Waals surface area contributed by atoms with Crippen LogP contribution in [-0.2, 0) is 4.79 Å². The van der Waals surface area contributed by atoms with Crippen molar-refractivity contribution in [2.75, 3.05) is 43.2 Å². The van der Waals surface area contributed by atoms with Crippen molar-refractivity contribution in [1.82, 2.24) is 15.0 Å². The first kappa shape index (κ1) is 32.0. The number of rotatable bonds is 12. The third kappa shape index (κ3) is 8.40. The van der Waals surface area contributed by atoms with Crippen molar-refractivity contribution in [3.8, 4) is 11.6 Å².